The summed E-state index contributed by atoms with van der Waals surface area (Å²) in [5, 5.41) is 3.65. The molecule has 1 fully saturated rings. The number of aryl methyl sites for hydroxylation is 1. The lowest BCUT2D eigenvalue weighted by atomic mass is 9.76. The number of ether oxygens (including phenoxy) is 2. The number of hydrogen-bond acceptors (Lipinski definition) is 5. The fraction of sp³-hybridized carbons (Fsp3) is 0.500. The van der Waals surface area contributed by atoms with Crippen LogP contribution in [-0.2, 0) is 19.1 Å². The Morgan fingerprint density at radius 1 is 1.09 bits per heavy atom. The Morgan fingerprint density at radius 2 is 1.76 bits per heavy atom. The van der Waals surface area contributed by atoms with Gasteiger partial charge in [0.1, 0.15) is 5.78 Å². The Morgan fingerprint density at radius 3 is 2.36 bits per heavy atom. The molecule has 0 aromatic heterocycles. The molecule has 2 aliphatic rings. The zero-order valence-corrected chi connectivity index (χ0v) is 20.8. The minimum Gasteiger partial charge on any atom is -0.467 e. The van der Waals surface area contributed by atoms with E-state index in [1.807, 2.05) is 27.7 Å². The van der Waals surface area contributed by atoms with E-state index in [4.69, 9.17) is 9.47 Å². The smallest absolute Gasteiger partial charge is 0.339 e. The number of rotatable bonds is 4. The third-order valence-electron chi connectivity index (χ3n) is 6.91. The highest BCUT2D eigenvalue weighted by Crippen LogP contribution is 2.51. The zero-order chi connectivity index (χ0) is 24.1. The Balaban J connectivity index is 2.03. The SMILES string of the molecule is COC(=O)[C@@H](OC(C)(C)C)c1c(C)c2c(c(C)c1-c1ccc(C)cc1)C1C(=O)CCCC1N2. The largest absolute Gasteiger partial charge is 0.467 e. The molecule has 2 aromatic rings. The molecule has 1 aliphatic heterocycles. The standard InChI is InChI=1S/C28H35NO4/c1-15-11-13-18(14-12-15)21-16(2)22-24-19(9-8-10-20(24)30)29-25(22)17(3)23(21)26(27(31)32-7)33-28(4,5)6/h11-14,19,24,26,29H,8-10H2,1-7H3/t19?,24?,26-/m0/s1. The Bertz CT molecular complexity index is 1090. The molecule has 3 atom stereocenters. The predicted octanol–water partition coefficient (Wildman–Crippen LogP) is 5.94. The number of nitrogens with one attached hydrogen (secondary N) is 1. The van der Waals surface area contributed by atoms with E-state index in [1.165, 1.54) is 7.11 Å². The Labute approximate surface area is 196 Å². The summed E-state index contributed by atoms with van der Waals surface area (Å²) >= 11 is 0. The molecule has 33 heavy (non-hydrogen) atoms. The van der Waals surface area contributed by atoms with Crippen LogP contribution in [0.3, 0.4) is 0 Å². The Hall–Kier alpha value is -2.66. The van der Waals surface area contributed by atoms with Crippen molar-refractivity contribution in [3.63, 3.8) is 0 Å². The number of anilines is 1. The van der Waals surface area contributed by atoms with Gasteiger partial charge in [-0.1, -0.05) is 29.8 Å². The second kappa shape index (κ2) is 8.60. The molecule has 1 aliphatic carbocycles. The lowest BCUT2D eigenvalue weighted by Crippen LogP contribution is -2.31. The van der Waals surface area contributed by atoms with Crippen molar-refractivity contribution < 1.29 is 19.1 Å². The summed E-state index contributed by atoms with van der Waals surface area (Å²) in [5.74, 6) is -0.254. The molecule has 0 radical (unpaired) electrons. The van der Waals surface area contributed by atoms with Crippen LogP contribution in [0.25, 0.3) is 11.1 Å². The molecule has 1 heterocycles. The lowest BCUT2D eigenvalue weighted by molar-refractivity contribution is -0.164. The number of carbonyl (C=O) groups is 2. The zero-order valence-electron chi connectivity index (χ0n) is 20.8. The lowest BCUT2D eigenvalue weighted by Gasteiger charge is -2.31. The van der Waals surface area contributed by atoms with E-state index in [9.17, 15) is 9.59 Å². The second-order valence-electron chi connectivity index (χ2n) is 10.4. The van der Waals surface area contributed by atoms with Crippen LogP contribution in [-0.4, -0.2) is 30.5 Å². The molecule has 0 amide bonds. The van der Waals surface area contributed by atoms with E-state index in [0.717, 1.165) is 57.5 Å². The van der Waals surface area contributed by atoms with Crippen LogP contribution in [0.1, 0.15) is 79.9 Å². The summed E-state index contributed by atoms with van der Waals surface area (Å²) in [5.41, 5.74) is 7.45. The quantitative estimate of drug-likeness (QED) is 0.585. The van der Waals surface area contributed by atoms with Gasteiger partial charge in [-0.2, -0.15) is 0 Å². The molecule has 4 rings (SSSR count). The molecular weight excluding hydrogens is 414 g/mol. The maximum atomic E-state index is 13.1. The minimum absolute atomic E-state index is 0.111. The number of fused-ring (bicyclic) bond motifs is 3. The van der Waals surface area contributed by atoms with Crippen LogP contribution >= 0.6 is 0 Å². The number of esters is 1. The first kappa shape index (κ1) is 23.5. The maximum absolute atomic E-state index is 13.1. The van der Waals surface area contributed by atoms with Crippen LogP contribution < -0.4 is 5.32 Å². The van der Waals surface area contributed by atoms with Gasteiger partial charge in [0.15, 0.2) is 6.10 Å². The molecule has 0 saturated heterocycles. The van der Waals surface area contributed by atoms with Crippen molar-refractivity contribution in [1.29, 1.82) is 0 Å². The van der Waals surface area contributed by atoms with Gasteiger partial charge in [-0.3, -0.25) is 4.79 Å². The first-order valence-electron chi connectivity index (χ1n) is 11.8. The average molecular weight is 450 g/mol. The molecule has 5 heteroatoms. The van der Waals surface area contributed by atoms with E-state index < -0.39 is 17.7 Å². The van der Waals surface area contributed by atoms with Gasteiger partial charge in [-0.15, -0.1) is 0 Å². The van der Waals surface area contributed by atoms with Crippen LogP contribution in [0.5, 0.6) is 0 Å². The summed E-state index contributed by atoms with van der Waals surface area (Å²) in [6, 6.07) is 8.43. The molecule has 2 aromatic carbocycles. The Kier molecular flexibility index (Phi) is 6.12. The van der Waals surface area contributed by atoms with Crippen LogP contribution in [0.4, 0.5) is 5.69 Å². The van der Waals surface area contributed by atoms with E-state index in [0.29, 0.717) is 12.2 Å². The molecule has 5 nitrogen and oxygen atoms in total. The summed E-state index contributed by atoms with van der Waals surface area (Å²) in [4.78, 5) is 26.1. The normalized spacial score (nSPS) is 20.6. The summed E-state index contributed by atoms with van der Waals surface area (Å²) in [7, 11) is 1.40. The summed E-state index contributed by atoms with van der Waals surface area (Å²) < 4.78 is 11.5. The molecule has 1 saturated carbocycles. The van der Waals surface area contributed by atoms with Gasteiger partial charge in [-0.25, -0.2) is 4.79 Å². The molecule has 0 bridgehead atoms. The number of hydrogen-bond donors (Lipinski definition) is 1. The predicted molar refractivity (Wildman–Crippen MR) is 131 cm³/mol. The van der Waals surface area contributed by atoms with Crippen molar-refractivity contribution in [2.45, 2.75) is 84.5 Å². The summed E-state index contributed by atoms with van der Waals surface area (Å²) in [6.07, 6.45) is 1.63. The van der Waals surface area contributed by atoms with Crippen LogP contribution in [0.2, 0.25) is 0 Å². The van der Waals surface area contributed by atoms with Crippen molar-refractivity contribution in [3.8, 4) is 11.1 Å². The first-order chi connectivity index (χ1) is 15.5. The van der Waals surface area contributed by atoms with Crippen molar-refractivity contribution in [2.24, 2.45) is 0 Å². The fourth-order valence-corrected chi connectivity index (χ4v) is 5.47. The van der Waals surface area contributed by atoms with Crippen molar-refractivity contribution in [3.05, 3.63) is 52.1 Å². The number of benzene rings is 2. The van der Waals surface area contributed by atoms with Gasteiger partial charge in [0, 0.05) is 23.7 Å². The van der Waals surface area contributed by atoms with E-state index in [2.05, 4.69) is 43.4 Å². The third-order valence-corrected chi connectivity index (χ3v) is 6.91. The number of methoxy groups -OCH3 is 1. The first-order valence-corrected chi connectivity index (χ1v) is 11.8. The van der Waals surface area contributed by atoms with E-state index in [-0.39, 0.29) is 12.0 Å². The second-order valence-corrected chi connectivity index (χ2v) is 10.4. The van der Waals surface area contributed by atoms with Gasteiger partial charge in [0.05, 0.1) is 18.6 Å². The highest BCUT2D eigenvalue weighted by molar-refractivity contribution is 5.96. The van der Waals surface area contributed by atoms with Crippen molar-refractivity contribution in [1.82, 2.24) is 0 Å². The van der Waals surface area contributed by atoms with Crippen molar-refractivity contribution >= 4 is 17.4 Å². The minimum atomic E-state index is -0.879. The van der Waals surface area contributed by atoms with Crippen LogP contribution in [0.15, 0.2) is 24.3 Å². The number of carbonyl (C=O) groups excluding carboxylic acids is 2. The monoisotopic (exact) mass is 449 g/mol. The maximum Gasteiger partial charge on any atom is 0.339 e. The average Bonchev–Trinajstić information content (AvgIpc) is 3.16. The highest BCUT2D eigenvalue weighted by atomic mass is 16.6. The van der Waals surface area contributed by atoms with E-state index in [1.54, 1.807) is 0 Å². The molecule has 1 N–H and O–H groups in total. The van der Waals surface area contributed by atoms with Gasteiger partial charge in [0.25, 0.3) is 0 Å². The molecule has 0 spiro atoms. The molecular formula is C28H35NO4. The van der Waals surface area contributed by atoms with Gasteiger partial charge in [0.2, 0.25) is 0 Å². The molecule has 2 unspecified atom stereocenters. The number of ketones is 1. The summed E-state index contributed by atoms with van der Waals surface area (Å²) in [6.45, 7) is 12.0. The van der Waals surface area contributed by atoms with Crippen LogP contribution in [0, 0.1) is 20.8 Å². The highest BCUT2D eigenvalue weighted by Gasteiger charge is 2.44. The fourth-order valence-electron chi connectivity index (χ4n) is 5.47. The number of Topliss-reactive ketones (excluding diaryl/α,β-unsaturated/α-hetero) is 1. The van der Waals surface area contributed by atoms with Gasteiger partial charge < -0.3 is 14.8 Å². The van der Waals surface area contributed by atoms with Crippen molar-refractivity contribution in [2.75, 3.05) is 12.4 Å². The van der Waals surface area contributed by atoms with Gasteiger partial charge in [-0.05, 0) is 82.2 Å². The van der Waals surface area contributed by atoms with Gasteiger partial charge >= 0.3 is 5.97 Å². The third kappa shape index (κ3) is 4.19. The topological polar surface area (TPSA) is 64.6 Å². The molecule has 176 valence electrons. The van der Waals surface area contributed by atoms with E-state index >= 15 is 0 Å².